The molecule has 5 nitrogen and oxygen atoms in total. The standard InChI is InChI=1S/C10H13F3N4O/c11-10(12,13)9(18)16-5-1-4-15-7-2-3-8(14)17-6-7/h2-3,6,15H,1,4-5H2,(H2,14,17)(H,16,18). The molecule has 100 valence electrons. The van der Waals surface area contributed by atoms with Gasteiger partial charge in [-0.1, -0.05) is 0 Å². The van der Waals surface area contributed by atoms with Crippen LogP contribution < -0.4 is 16.4 Å². The highest BCUT2D eigenvalue weighted by Gasteiger charge is 2.38. The molecule has 0 fully saturated rings. The molecule has 0 aromatic carbocycles. The lowest BCUT2D eigenvalue weighted by molar-refractivity contribution is -0.173. The van der Waals surface area contributed by atoms with Gasteiger partial charge in [0, 0.05) is 13.1 Å². The minimum Gasteiger partial charge on any atom is -0.384 e. The van der Waals surface area contributed by atoms with Gasteiger partial charge >= 0.3 is 12.1 Å². The first-order chi connectivity index (χ1) is 8.39. The highest BCUT2D eigenvalue weighted by atomic mass is 19.4. The van der Waals surface area contributed by atoms with Gasteiger partial charge in [-0.2, -0.15) is 13.2 Å². The van der Waals surface area contributed by atoms with E-state index in [2.05, 4.69) is 10.3 Å². The molecule has 18 heavy (non-hydrogen) atoms. The average Bonchev–Trinajstić information content (AvgIpc) is 2.29. The predicted octanol–water partition coefficient (Wildman–Crippen LogP) is 1.14. The second-order valence-electron chi connectivity index (χ2n) is 3.51. The number of amides is 1. The van der Waals surface area contributed by atoms with Gasteiger partial charge in [0.2, 0.25) is 0 Å². The van der Waals surface area contributed by atoms with Crippen molar-refractivity contribution in [1.29, 1.82) is 0 Å². The number of carbonyl (C=O) groups excluding carboxylic acids is 1. The number of rotatable bonds is 5. The molecule has 0 unspecified atom stereocenters. The Hall–Kier alpha value is -1.99. The lowest BCUT2D eigenvalue weighted by Crippen LogP contribution is -2.37. The van der Waals surface area contributed by atoms with Crippen LogP contribution in [0.2, 0.25) is 0 Å². The van der Waals surface area contributed by atoms with E-state index in [4.69, 9.17) is 5.73 Å². The Kier molecular flexibility index (Phi) is 4.75. The Morgan fingerprint density at radius 2 is 2.06 bits per heavy atom. The van der Waals surface area contributed by atoms with Crippen molar-refractivity contribution in [2.24, 2.45) is 0 Å². The fourth-order valence-electron chi connectivity index (χ4n) is 1.13. The van der Waals surface area contributed by atoms with E-state index >= 15 is 0 Å². The van der Waals surface area contributed by atoms with E-state index in [1.807, 2.05) is 0 Å². The first-order valence-corrected chi connectivity index (χ1v) is 5.20. The molecule has 1 amide bonds. The van der Waals surface area contributed by atoms with Gasteiger partial charge in [0.15, 0.2) is 0 Å². The summed E-state index contributed by atoms with van der Waals surface area (Å²) in [5.74, 6) is -1.53. The molecular formula is C10H13F3N4O. The third-order valence-corrected chi connectivity index (χ3v) is 2.01. The van der Waals surface area contributed by atoms with E-state index in [9.17, 15) is 18.0 Å². The molecule has 0 aliphatic heterocycles. The van der Waals surface area contributed by atoms with Crippen LogP contribution in [0.15, 0.2) is 18.3 Å². The number of alkyl halides is 3. The zero-order valence-electron chi connectivity index (χ0n) is 9.42. The van der Waals surface area contributed by atoms with E-state index in [0.717, 1.165) is 0 Å². The maximum Gasteiger partial charge on any atom is 0.471 e. The van der Waals surface area contributed by atoms with Crippen molar-refractivity contribution in [3.8, 4) is 0 Å². The number of nitrogen functional groups attached to an aromatic ring is 1. The highest BCUT2D eigenvalue weighted by molar-refractivity contribution is 5.81. The normalized spacial score (nSPS) is 11.1. The van der Waals surface area contributed by atoms with Gasteiger partial charge in [0.05, 0.1) is 11.9 Å². The van der Waals surface area contributed by atoms with Gasteiger partial charge in [-0.3, -0.25) is 4.79 Å². The van der Waals surface area contributed by atoms with Crippen molar-refractivity contribution >= 4 is 17.4 Å². The summed E-state index contributed by atoms with van der Waals surface area (Å²) in [6, 6.07) is 3.31. The van der Waals surface area contributed by atoms with Crippen LogP contribution in [-0.4, -0.2) is 30.2 Å². The Labute approximate surface area is 102 Å². The molecule has 0 spiro atoms. The number of halogens is 3. The summed E-state index contributed by atoms with van der Waals surface area (Å²) in [6.07, 6.45) is -2.94. The van der Waals surface area contributed by atoms with E-state index in [-0.39, 0.29) is 6.54 Å². The molecule has 0 saturated heterocycles. The smallest absolute Gasteiger partial charge is 0.384 e. The zero-order valence-corrected chi connectivity index (χ0v) is 9.42. The second-order valence-corrected chi connectivity index (χ2v) is 3.51. The number of hydrogen-bond donors (Lipinski definition) is 3. The quantitative estimate of drug-likeness (QED) is 0.695. The van der Waals surface area contributed by atoms with Crippen LogP contribution in [0.1, 0.15) is 6.42 Å². The Balaban J connectivity index is 2.16. The fraction of sp³-hybridized carbons (Fsp3) is 0.400. The summed E-state index contributed by atoms with van der Waals surface area (Å²) in [6.45, 7) is 0.372. The molecular weight excluding hydrogens is 249 g/mol. The number of hydrogen-bond acceptors (Lipinski definition) is 4. The van der Waals surface area contributed by atoms with Crippen LogP contribution in [0.4, 0.5) is 24.7 Å². The molecule has 0 atom stereocenters. The molecule has 1 aromatic rings. The van der Waals surface area contributed by atoms with Crippen LogP contribution in [0.5, 0.6) is 0 Å². The summed E-state index contributed by atoms with van der Waals surface area (Å²) in [5, 5.41) is 4.71. The summed E-state index contributed by atoms with van der Waals surface area (Å²) >= 11 is 0. The van der Waals surface area contributed by atoms with Crippen molar-refractivity contribution in [2.45, 2.75) is 12.6 Å². The summed E-state index contributed by atoms with van der Waals surface area (Å²) in [5.41, 5.74) is 6.10. The van der Waals surface area contributed by atoms with Crippen LogP contribution in [0.25, 0.3) is 0 Å². The van der Waals surface area contributed by atoms with Gasteiger partial charge in [-0.15, -0.1) is 0 Å². The first kappa shape index (κ1) is 14.1. The minimum absolute atomic E-state index is 0.0479. The van der Waals surface area contributed by atoms with Crippen LogP contribution in [-0.2, 0) is 4.79 Å². The third kappa shape index (κ3) is 4.89. The van der Waals surface area contributed by atoms with E-state index in [1.165, 1.54) is 6.20 Å². The maximum absolute atomic E-state index is 11.8. The van der Waals surface area contributed by atoms with Crippen molar-refractivity contribution in [1.82, 2.24) is 10.3 Å². The first-order valence-electron chi connectivity index (χ1n) is 5.20. The molecule has 0 saturated carbocycles. The lowest BCUT2D eigenvalue weighted by atomic mass is 10.3. The Morgan fingerprint density at radius 3 is 2.61 bits per heavy atom. The molecule has 4 N–H and O–H groups in total. The molecule has 0 bridgehead atoms. The lowest BCUT2D eigenvalue weighted by Gasteiger charge is -2.09. The van der Waals surface area contributed by atoms with Gasteiger partial charge < -0.3 is 16.4 Å². The minimum atomic E-state index is -4.83. The van der Waals surface area contributed by atoms with Crippen molar-refractivity contribution < 1.29 is 18.0 Å². The molecule has 0 radical (unpaired) electrons. The molecule has 1 heterocycles. The topological polar surface area (TPSA) is 80.0 Å². The van der Waals surface area contributed by atoms with Gasteiger partial charge in [0.1, 0.15) is 5.82 Å². The predicted molar refractivity (Wildman–Crippen MR) is 60.8 cm³/mol. The number of nitrogens with one attached hydrogen (secondary N) is 2. The number of aromatic nitrogens is 1. The number of nitrogens with zero attached hydrogens (tertiary/aromatic N) is 1. The Morgan fingerprint density at radius 1 is 1.33 bits per heavy atom. The maximum atomic E-state index is 11.8. The van der Waals surface area contributed by atoms with Gasteiger partial charge in [-0.25, -0.2) is 4.98 Å². The molecule has 8 heteroatoms. The van der Waals surface area contributed by atoms with Crippen molar-refractivity contribution in [2.75, 3.05) is 24.1 Å². The molecule has 0 aliphatic carbocycles. The number of nitrogens with two attached hydrogens (primary N) is 1. The van der Waals surface area contributed by atoms with Crippen LogP contribution in [0, 0.1) is 0 Å². The third-order valence-electron chi connectivity index (χ3n) is 2.01. The summed E-state index contributed by atoms with van der Waals surface area (Å²) in [7, 11) is 0. The highest BCUT2D eigenvalue weighted by Crippen LogP contribution is 2.13. The van der Waals surface area contributed by atoms with Crippen molar-refractivity contribution in [3.05, 3.63) is 18.3 Å². The number of anilines is 2. The zero-order chi connectivity index (χ0) is 13.6. The van der Waals surface area contributed by atoms with Crippen LogP contribution >= 0.6 is 0 Å². The number of pyridine rings is 1. The van der Waals surface area contributed by atoms with Crippen molar-refractivity contribution in [3.63, 3.8) is 0 Å². The molecule has 1 aromatic heterocycles. The van der Waals surface area contributed by atoms with Gasteiger partial charge in [-0.05, 0) is 18.6 Å². The molecule has 1 rings (SSSR count). The monoisotopic (exact) mass is 262 g/mol. The van der Waals surface area contributed by atoms with Crippen LogP contribution in [0.3, 0.4) is 0 Å². The second kappa shape index (κ2) is 6.08. The SMILES string of the molecule is Nc1ccc(NCCCNC(=O)C(F)(F)F)cn1. The van der Waals surface area contributed by atoms with E-state index in [1.54, 1.807) is 17.4 Å². The van der Waals surface area contributed by atoms with E-state index < -0.39 is 12.1 Å². The summed E-state index contributed by atoms with van der Waals surface area (Å²) < 4.78 is 35.4. The number of carbonyl (C=O) groups is 1. The average molecular weight is 262 g/mol. The van der Waals surface area contributed by atoms with Gasteiger partial charge in [0.25, 0.3) is 0 Å². The van der Waals surface area contributed by atoms with E-state index in [0.29, 0.717) is 24.5 Å². The molecule has 0 aliphatic rings. The Bertz CT molecular complexity index is 391. The largest absolute Gasteiger partial charge is 0.471 e. The fourth-order valence-corrected chi connectivity index (χ4v) is 1.13. The summed E-state index contributed by atoms with van der Waals surface area (Å²) in [4.78, 5) is 14.3.